The molecule has 0 aromatic carbocycles. The Balaban J connectivity index is 1.99. The number of aliphatic carboxylic acids is 1. The minimum Gasteiger partial charge on any atom is -0.481 e. The number of carboxylic acid groups (broad SMARTS) is 1. The van der Waals surface area contributed by atoms with Gasteiger partial charge in [0, 0.05) is 17.8 Å². The Morgan fingerprint density at radius 3 is 2.77 bits per heavy atom. The van der Waals surface area contributed by atoms with Crippen LogP contribution in [0.4, 0.5) is 9.80 Å². The molecule has 0 bridgehead atoms. The number of amides is 2. The van der Waals surface area contributed by atoms with Gasteiger partial charge in [-0.25, -0.2) is 9.59 Å². The molecule has 1 aromatic heterocycles. The molecule has 0 spiro atoms. The molecular weight excluding hydrogens is 308 g/mol. The maximum Gasteiger partial charge on any atom is 0.341 e. The average molecular weight is 326 g/mol. The predicted molar refractivity (Wildman–Crippen MR) is 81.6 cm³/mol. The number of fused-ring (bicyclic) bond motifs is 1. The smallest absolute Gasteiger partial charge is 0.341 e. The lowest BCUT2D eigenvalue weighted by atomic mass is 10.1. The molecule has 0 aliphatic heterocycles. The predicted octanol–water partition coefficient (Wildman–Crippen LogP) is 2.01. The number of hydrogen-bond donors (Lipinski definition) is 3. The summed E-state index contributed by atoms with van der Waals surface area (Å²) >= 11 is 1.40. The van der Waals surface area contributed by atoms with Gasteiger partial charge in [-0.2, -0.15) is 0 Å². The van der Waals surface area contributed by atoms with Crippen molar-refractivity contribution in [1.82, 2.24) is 5.32 Å². The van der Waals surface area contributed by atoms with Gasteiger partial charge in [0.15, 0.2) is 0 Å². The van der Waals surface area contributed by atoms with Crippen LogP contribution in [0.2, 0.25) is 0 Å². The molecule has 0 saturated heterocycles. The molecule has 1 aliphatic carbocycles. The standard InChI is InChI=1S/C14H18N2O5S/c1-21-13(19)11-8-4-2-5-9(8)22-12(11)16-14(20)15-7-3-6-10(17)18/h2-7H2,1H3,(H,17,18)(H2,15,16,20). The fourth-order valence-corrected chi connectivity index (χ4v) is 3.67. The molecule has 1 aromatic rings. The van der Waals surface area contributed by atoms with Crippen LogP contribution in [0, 0.1) is 0 Å². The first-order chi connectivity index (χ1) is 10.5. The second-order valence-corrected chi connectivity index (χ2v) is 6.04. The lowest BCUT2D eigenvalue weighted by molar-refractivity contribution is -0.137. The van der Waals surface area contributed by atoms with E-state index in [-0.39, 0.29) is 13.0 Å². The number of anilines is 1. The molecule has 22 heavy (non-hydrogen) atoms. The van der Waals surface area contributed by atoms with E-state index >= 15 is 0 Å². The second-order valence-electron chi connectivity index (χ2n) is 4.93. The molecule has 7 nitrogen and oxygen atoms in total. The summed E-state index contributed by atoms with van der Waals surface area (Å²) in [6, 6.07) is -0.449. The third-order valence-corrected chi connectivity index (χ3v) is 4.60. The van der Waals surface area contributed by atoms with E-state index in [9.17, 15) is 14.4 Å². The SMILES string of the molecule is COC(=O)c1c(NC(=O)NCCCC(=O)O)sc2c1CCC2. The van der Waals surface area contributed by atoms with Gasteiger partial charge in [0.1, 0.15) is 5.00 Å². The number of methoxy groups -OCH3 is 1. The van der Waals surface area contributed by atoms with Gasteiger partial charge in [-0.15, -0.1) is 11.3 Å². The Morgan fingerprint density at radius 1 is 1.32 bits per heavy atom. The highest BCUT2D eigenvalue weighted by atomic mass is 32.1. The van der Waals surface area contributed by atoms with Gasteiger partial charge in [0.05, 0.1) is 12.7 Å². The molecule has 0 fully saturated rings. The van der Waals surface area contributed by atoms with Gasteiger partial charge < -0.3 is 15.2 Å². The minimum absolute atomic E-state index is 0.000981. The fourth-order valence-electron chi connectivity index (χ4n) is 2.40. The summed E-state index contributed by atoms with van der Waals surface area (Å²) in [5, 5.41) is 14.3. The number of thiophene rings is 1. The van der Waals surface area contributed by atoms with Crippen molar-refractivity contribution in [3.8, 4) is 0 Å². The van der Waals surface area contributed by atoms with Crippen LogP contribution in [-0.2, 0) is 22.4 Å². The molecular formula is C14H18N2O5S. The van der Waals surface area contributed by atoms with Gasteiger partial charge in [-0.05, 0) is 31.2 Å². The molecule has 1 aliphatic rings. The number of aryl methyl sites for hydroxylation is 1. The van der Waals surface area contributed by atoms with Crippen molar-refractivity contribution in [3.63, 3.8) is 0 Å². The van der Waals surface area contributed by atoms with E-state index in [1.807, 2.05) is 0 Å². The highest BCUT2D eigenvalue weighted by Gasteiger charge is 2.27. The lowest BCUT2D eigenvalue weighted by Gasteiger charge is -2.08. The monoisotopic (exact) mass is 326 g/mol. The summed E-state index contributed by atoms with van der Waals surface area (Å²) in [5.74, 6) is -1.34. The summed E-state index contributed by atoms with van der Waals surface area (Å²) in [6.45, 7) is 0.261. The first-order valence-electron chi connectivity index (χ1n) is 7.02. The minimum atomic E-state index is -0.898. The van der Waals surface area contributed by atoms with Crippen LogP contribution in [0.1, 0.15) is 40.1 Å². The normalized spacial score (nSPS) is 12.6. The van der Waals surface area contributed by atoms with Gasteiger partial charge in [-0.3, -0.25) is 10.1 Å². The lowest BCUT2D eigenvalue weighted by Crippen LogP contribution is -2.30. The van der Waals surface area contributed by atoms with Gasteiger partial charge in [0.2, 0.25) is 0 Å². The Morgan fingerprint density at radius 2 is 2.09 bits per heavy atom. The molecule has 2 rings (SSSR count). The van der Waals surface area contributed by atoms with Gasteiger partial charge in [0.25, 0.3) is 0 Å². The molecule has 0 unspecified atom stereocenters. The Bertz CT molecular complexity index is 596. The summed E-state index contributed by atoms with van der Waals surface area (Å²) < 4.78 is 4.80. The number of urea groups is 1. The van der Waals surface area contributed by atoms with Crippen molar-refractivity contribution in [2.45, 2.75) is 32.1 Å². The van der Waals surface area contributed by atoms with Crippen LogP contribution in [0.15, 0.2) is 0 Å². The highest BCUT2D eigenvalue weighted by molar-refractivity contribution is 7.17. The number of carbonyl (C=O) groups is 3. The van der Waals surface area contributed by atoms with Crippen LogP contribution in [0.25, 0.3) is 0 Å². The van der Waals surface area contributed by atoms with Gasteiger partial charge >= 0.3 is 18.0 Å². The van der Waals surface area contributed by atoms with Crippen molar-refractivity contribution >= 4 is 34.3 Å². The number of ether oxygens (including phenoxy) is 1. The molecule has 0 radical (unpaired) electrons. The van der Waals surface area contributed by atoms with Crippen molar-refractivity contribution in [2.75, 3.05) is 19.0 Å². The van der Waals surface area contributed by atoms with Crippen LogP contribution in [0.5, 0.6) is 0 Å². The van der Waals surface area contributed by atoms with E-state index in [2.05, 4.69) is 10.6 Å². The topological polar surface area (TPSA) is 105 Å². The Labute approximate surface area is 131 Å². The zero-order valence-corrected chi connectivity index (χ0v) is 13.0. The number of carbonyl (C=O) groups excluding carboxylic acids is 2. The average Bonchev–Trinajstić information content (AvgIpc) is 3.03. The highest BCUT2D eigenvalue weighted by Crippen LogP contribution is 2.39. The van der Waals surface area contributed by atoms with E-state index in [1.54, 1.807) is 0 Å². The van der Waals surface area contributed by atoms with E-state index in [4.69, 9.17) is 9.84 Å². The Kier molecular flexibility index (Phi) is 5.37. The molecule has 3 N–H and O–H groups in total. The van der Waals surface area contributed by atoms with Crippen molar-refractivity contribution in [2.24, 2.45) is 0 Å². The summed E-state index contributed by atoms with van der Waals surface area (Å²) in [6.07, 6.45) is 3.09. The maximum atomic E-state index is 11.9. The van der Waals surface area contributed by atoms with Crippen LogP contribution in [0.3, 0.4) is 0 Å². The van der Waals surface area contributed by atoms with Crippen molar-refractivity contribution in [3.05, 3.63) is 16.0 Å². The van der Waals surface area contributed by atoms with E-state index in [0.29, 0.717) is 17.0 Å². The molecule has 8 heteroatoms. The molecule has 1 heterocycles. The van der Waals surface area contributed by atoms with Crippen molar-refractivity contribution in [1.29, 1.82) is 0 Å². The molecule has 0 atom stereocenters. The second kappa shape index (κ2) is 7.26. The number of nitrogens with one attached hydrogen (secondary N) is 2. The van der Waals surface area contributed by atoms with E-state index in [1.165, 1.54) is 18.4 Å². The summed E-state index contributed by atoms with van der Waals surface area (Å²) in [7, 11) is 1.32. The first-order valence-corrected chi connectivity index (χ1v) is 7.84. The zero-order valence-electron chi connectivity index (χ0n) is 12.2. The molecule has 120 valence electrons. The van der Waals surface area contributed by atoms with E-state index in [0.717, 1.165) is 29.7 Å². The molecule has 0 saturated carbocycles. The fraction of sp³-hybridized carbons (Fsp3) is 0.500. The van der Waals surface area contributed by atoms with Crippen LogP contribution >= 0.6 is 11.3 Å². The van der Waals surface area contributed by atoms with Crippen molar-refractivity contribution < 1.29 is 24.2 Å². The van der Waals surface area contributed by atoms with Gasteiger partial charge in [-0.1, -0.05) is 0 Å². The zero-order chi connectivity index (χ0) is 16.1. The number of rotatable bonds is 6. The first kappa shape index (κ1) is 16.3. The van der Waals surface area contributed by atoms with Crippen LogP contribution < -0.4 is 10.6 Å². The summed E-state index contributed by atoms with van der Waals surface area (Å²) in [4.78, 5) is 35.3. The van der Waals surface area contributed by atoms with Crippen LogP contribution in [-0.4, -0.2) is 36.7 Å². The number of esters is 1. The van der Waals surface area contributed by atoms with E-state index < -0.39 is 18.0 Å². The Hall–Kier alpha value is -2.09. The number of hydrogen-bond acceptors (Lipinski definition) is 5. The third kappa shape index (κ3) is 3.76. The maximum absolute atomic E-state index is 11.9. The quantitative estimate of drug-likeness (QED) is 0.548. The third-order valence-electron chi connectivity index (χ3n) is 3.39. The largest absolute Gasteiger partial charge is 0.481 e. The summed E-state index contributed by atoms with van der Waals surface area (Å²) in [5.41, 5.74) is 1.42. The molecule has 2 amide bonds. The number of carboxylic acids is 1.